The third-order valence-corrected chi connectivity index (χ3v) is 3.57. The summed E-state index contributed by atoms with van der Waals surface area (Å²) in [7, 11) is 1.54. The number of nitrogens with zero attached hydrogens (tertiary/aromatic N) is 1. The fraction of sp³-hybridized carbons (Fsp3) is 0.250. The third-order valence-electron chi connectivity index (χ3n) is 3.27. The summed E-state index contributed by atoms with van der Waals surface area (Å²) in [6, 6.07) is 8.86. The average Bonchev–Trinajstić information content (AvgIpc) is 2.50. The van der Waals surface area contributed by atoms with Crippen molar-refractivity contribution in [2.75, 3.05) is 7.11 Å². The molecule has 4 nitrogen and oxygen atoms in total. The molecule has 0 spiro atoms. The van der Waals surface area contributed by atoms with E-state index in [0.29, 0.717) is 5.56 Å². The highest BCUT2D eigenvalue weighted by Crippen LogP contribution is 2.21. The van der Waals surface area contributed by atoms with E-state index in [-0.39, 0.29) is 22.9 Å². The summed E-state index contributed by atoms with van der Waals surface area (Å²) in [6.45, 7) is 1.81. The van der Waals surface area contributed by atoms with Crippen molar-refractivity contribution >= 4 is 17.5 Å². The molecule has 2 aromatic rings. The van der Waals surface area contributed by atoms with Gasteiger partial charge in [0.05, 0.1) is 11.6 Å². The molecule has 1 aromatic carbocycles. The second kappa shape index (κ2) is 7.33. The van der Waals surface area contributed by atoms with Crippen molar-refractivity contribution in [2.24, 2.45) is 0 Å². The minimum absolute atomic E-state index is 0.142. The fourth-order valence-corrected chi connectivity index (χ4v) is 2.40. The van der Waals surface area contributed by atoms with Crippen LogP contribution in [0.25, 0.3) is 0 Å². The first-order valence-corrected chi connectivity index (χ1v) is 7.10. The number of hydrogen-bond acceptors (Lipinski definition) is 3. The van der Waals surface area contributed by atoms with E-state index in [4.69, 9.17) is 16.3 Å². The number of pyridine rings is 1. The van der Waals surface area contributed by atoms with E-state index in [9.17, 15) is 9.18 Å². The first kappa shape index (κ1) is 16.4. The van der Waals surface area contributed by atoms with Gasteiger partial charge >= 0.3 is 0 Å². The zero-order valence-corrected chi connectivity index (χ0v) is 13.0. The molecule has 2 atom stereocenters. The molecule has 0 unspecified atom stereocenters. The van der Waals surface area contributed by atoms with Crippen molar-refractivity contribution in [3.05, 3.63) is 64.7 Å². The van der Waals surface area contributed by atoms with Gasteiger partial charge in [0, 0.05) is 13.3 Å². The van der Waals surface area contributed by atoms with E-state index in [0.717, 1.165) is 5.56 Å². The van der Waals surface area contributed by atoms with Gasteiger partial charge in [-0.15, -0.1) is 0 Å². The monoisotopic (exact) mass is 322 g/mol. The average molecular weight is 323 g/mol. The van der Waals surface area contributed by atoms with Crippen LogP contribution in [0.4, 0.5) is 4.39 Å². The zero-order valence-electron chi connectivity index (χ0n) is 12.2. The van der Waals surface area contributed by atoms with Crippen LogP contribution >= 0.6 is 11.6 Å². The standard InChI is InChI=1S/C16H16ClFN2O2/c1-10(14(22-2)11-5-7-12(18)8-6-11)20-16(21)13-4-3-9-19-15(13)17/h3-10,14H,1-2H3,(H,20,21)/t10-,14-/m1/s1. The van der Waals surface area contributed by atoms with Crippen LogP contribution in [0.3, 0.4) is 0 Å². The van der Waals surface area contributed by atoms with Gasteiger partial charge in [0.2, 0.25) is 0 Å². The molecule has 0 bridgehead atoms. The first-order valence-electron chi connectivity index (χ1n) is 6.72. The SMILES string of the molecule is CO[C@@H](c1ccc(F)cc1)[C@@H](C)NC(=O)c1cccnc1Cl. The Morgan fingerprint density at radius 2 is 2.00 bits per heavy atom. The molecule has 0 fully saturated rings. The minimum atomic E-state index is -0.403. The van der Waals surface area contributed by atoms with Gasteiger partial charge in [-0.1, -0.05) is 23.7 Å². The number of carbonyl (C=O) groups excluding carboxylic acids is 1. The first-order chi connectivity index (χ1) is 10.5. The fourth-order valence-electron chi connectivity index (χ4n) is 2.20. The normalized spacial score (nSPS) is 13.5. The lowest BCUT2D eigenvalue weighted by Crippen LogP contribution is -2.38. The molecule has 1 N–H and O–H groups in total. The molecule has 0 aliphatic carbocycles. The molecule has 1 aromatic heterocycles. The quantitative estimate of drug-likeness (QED) is 0.859. The van der Waals surface area contributed by atoms with E-state index in [1.165, 1.54) is 25.4 Å². The van der Waals surface area contributed by atoms with E-state index >= 15 is 0 Å². The maximum atomic E-state index is 13.0. The number of carbonyl (C=O) groups is 1. The molecular weight excluding hydrogens is 307 g/mol. The lowest BCUT2D eigenvalue weighted by Gasteiger charge is -2.24. The Labute approximate surface area is 133 Å². The van der Waals surface area contributed by atoms with Crippen LogP contribution in [-0.4, -0.2) is 24.0 Å². The number of hydrogen-bond donors (Lipinski definition) is 1. The summed E-state index contributed by atoms with van der Waals surface area (Å²) in [5.41, 5.74) is 1.07. The van der Waals surface area contributed by atoms with Crippen LogP contribution in [0.5, 0.6) is 0 Å². The van der Waals surface area contributed by atoms with Crippen LogP contribution in [0.1, 0.15) is 28.9 Å². The molecule has 0 saturated carbocycles. The Morgan fingerprint density at radius 1 is 1.32 bits per heavy atom. The molecule has 0 aliphatic rings. The van der Waals surface area contributed by atoms with Crippen molar-refractivity contribution in [1.29, 1.82) is 0 Å². The molecule has 6 heteroatoms. The van der Waals surface area contributed by atoms with Crippen LogP contribution < -0.4 is 5.32 Å². The third kappa shape index (κ3) is 3.81. The molecule has 2 rings (SSSR count). The highest BCUT2D eigenvalue weighted by atomic mass is 35.5. The lowest BCUT2D eigenvalue weighted by molar-refractivity contribution is 0.0644. The Balaban J connectivity index is 2.12. The van der Waals surface area contributed by atoms with E-state index in [1.54, 1.807) is 31.2 Å². The predicted molar refractivity (Wildman–Crippen MR) is 82.3 cm³/mol. The van der Waals surface area contributed by atoms with Crippen molar-refractivity contribution in [2.45, 2.75) is 19.1 Å². The van der Waals surface area contributed by atoms with E-state index < -0.39 is 6.10 Å². The van der Waals surface area contributed by atoms with E-state index in [1.807, 2.05) is 0 Å². The van der Waals surface area contributed by atoms with Crippen LogP contribution in [0.2, 0.25) is 5.15 Å². The highest BCUT2D eigenvalue weighted by Gasteiger charge is 2.22. The number of methoxy groups -OCH3 is 1. The van der Waals surface area contributed by atoms with Gasteiger partial charge in [-0.3, -0.25) is 4.79 Å². The summed E-state index contributed by atoms with van der Waals surface area (Å²) in [6.07, 6.45) is 1.11. The largest absolute Gasteiger partial charge is 0.375 e. The number of amides is 1. The number of benzene rings is 1. The van der Waals surface area contributed by atoms with Gasteiger partial charge in [-0.05, 0) is 36.8 Å². The van der Waals surface area contributed by atoms with Gasteiger partial charge in [0.15, 0.2) is 0 Å². The summed E-state index contributed by atoms with van der Waals surface area (Å²) >= 11 is 5.91. The maximum Gasteiger partial charge on any atom is 0.254 e. The van der Waals surface area contributed by atoms with Crippen molar-refractivity contribution in [3.8, 4) is 0 Å². The maximum absolute atomic E-state index is 13.0. The van der Waals surface area contributed by atoms with Crippen molar-refractivity contribution in [1.82, 2.24) is 10.3 Å². The van der Waals surface area contributed by atoms with E-state index in [2.05, 4.69) is 10.3 Å². The molecule has 1 amide bonds. The molecule has 0 radical (unpaired) electrons. The Morgan fingerprint density at radius 3 is 2.59 bits per heavy atom. The summed E-state index contributed by atoms with van der Waals surface area (Å²) in [5, 5.41) is 2.96. The highest BCUT2D eigenvalue weighted by molar-refractivity contribution is 6.32. The van der Waals surface area contributed by atoms with Gasteiger partial charge in [-0.25, -0.2) is 9.37 Å². The Bertz CT molecular complexity index is 649. The topological polar surface area (TPSA) is 51.2 Å². The van der Waals surface area contributed by atoms with Crippen molar-refractivity contribution < 1.29 is 13.9 Å². The van der Waals surface area contributed by atoms with Crippen LogP contribution in [0, 0.1) is 5.82 Å². The number of halogens is 2. The zero-order chi connectivity index (χ0) is 16.1. The minimum Gasteiger partial charge on any atom is -0.375 e. The predicted octanol–water partition coefficient (Wildman–Crippen LogP) is 3.38. The molecule has 22 heavy (non-hydrogen) atoms. The van der Waals surface area contributed by atoms with Gasteiger partial charge in [0.1, 0.15) is 17.1 Å². The van der Waals surface area contributed by atoms with Crippen LogP contribution in [-0.2, 0) is 4.74 Å². The Kier molecular flexibility index (Phi) is 5.46. The second-order valence-electron chi connectivity index (χ2n) is 4.81. The molecule has 0 aliphatic heterocycles. The number of aromatic nitrogens is 1. The lowest BCUT2D eigenvalue weighted by atomic mass is 10.0. The summed E-state index contributed by atoms with van der Waals surface area (Å²) in [4.78, 5) is 16.1. The molecule has 1 heterocycles. The van der Waals surface area contributed by atoms with Crippen LogP contribution in [0.15, 0.2) is 42.6 Å². The molecule has 0 saturated heterocycles. The second-order valence-corrected chi connectivity index (χ2v) is 5.17. The molecular formula is C16H16ClFN2O2. The summed E-state index contributed by atoms with van der Waals surface area (Å²) < 4.78 is 18.4. The number of ether oxygens (including phenoxy) is 1. The summed E-state index contributed by atoms with van der Waals surface area (Å²) in [5.74, 6) is -0.660. The van der Waals surface area contributed by atoms with Gasteiger partial charge in [-0.2, -0.15) is 0 Å². The van der Waals surface area contributed by atoms with Gasteiger partial charge in [0.25, 0.3) is 5.91 Å². The van der Waals surface area contributed by atoms with Gasteiger partial charge < -0.3 is 10.1 Å². The Hall–Kier alpha value is -1.98. The number of rotatable bonds is 5. The van der Waals surface area contributed by atoms with Crippen molar-refractivity contribution in [3.63, 3.8) is 0 Å². The number of nitrogens with one attached hydrogen (secondary N) is 1. The molecule has 116 valence electrons. The smallest absolute Gasteiger partial charge is 0.254 e.